The summed E-state index contributed by atoms with van der Waals surface area (Å²) in [5.74, 6) is 2.72. The van der Waals surface area contributed by atoms with Crippen LogP contribution < -0.4 is 14.8 Å². The zero-order valence-electron chi connectivity index (χ0n) is 12.5. The van der Waals surface area contributed by atoms with Crippen molar-refractivity contribution < 1.29 is 9.47 Å². The van der Waals surface area contributed by atoms with E-state index < -0.39 is 0 Å². The number of hydrogen-bond acceptors (Lipinski definition) is 4. The van der Waals surface area contributed by atoms with Gasteiger partial charge in [-0.2, -0.15) is 11.8 Å². The number of nitrogens with one attached hydrogen (secondary N) is 1. The van der Waals surface area contributed by atoms with E-state index in [1.807, 2.05) is 37.7 Å². The maximum absolute atomic E-state index is 5.71. The van der Waals surface area contributed by atoms with E-state index in [0.717, 1.165) is 23.8 Å². The van der Waals surface area contributed by atoms with E-state index in [0.29, 0.717) is 6.04 Å². The molecule has 19 heavy (non-hydrogen) atoms. The maximum atomic E-state index is 5.71. The van der Waals surface area contributed by atoms with Crippen molar-refractivity contribution >= 4 is 11.8 Å². The van der Waals surface area contributed by atoms with Crippen LogP contribution in [0.3, 0.4) is 0 Å². The molecule has 0 radical (unpaired) electrons. The molecule has 0 fully saturated rings. The zero-order valence-corrected chi connectivity index (χ0v) is 13.3. The summed E-state index contributed by atoms with van der Waals surface area (Å²) in [7, 11) is 1.68. The fourth-order valence-corrected chi connectivity index (χ4v) is 2.39. The van der Waals surface area contributed by atoms with Crippen LogP contribution in [0.2, 0.25) is 0 Å². The predicted molar refractivity (Wildman–Crippen MR) is 83.4 cm³/mol. The average Bonchev–Trinajstić information content (AvgIpc) is 2.37. The summed E-state index contributed by atoms with van der Waals surface area (Å²) in [5.41, 5.74) is 1.21. The molecular formula is C15H25NO2S. The second-order valence-corrected chi connectivity index (χ2v) is 5.80. The molecule has 0 spiro atoms. The highest BCUT2D eigenvalue weighted by Crippen LogP contribution is 2.28. The summed E-state index contributed by atoms with van der Waals surface area (Å²) in [6.07, 6.45) is 2.28. The molecule has 1 rings (SSSR count). The molecule has 0 heterocycles. The SMILES string of the molecule is COc1cc(CNC(C)CSC)ccc1OC(C)C. The molecule has 0 aliphatic rings. The molecular weight excluding hydrogens is 258 g/mol. The third-order valence-corrected chi connectivity index (χ3v) is 3.50. The van der Waals surface area contributed by atoms with Gasteiger partial charge < -0.3 is 14.8 Å². The highest BCUT2D eigenvalue weighted by Gasteiger charge is 2.08. The highest BCUT2D eigenvalue weighted by molar-refractivity contribution is 7.98. The fraction of sp³-hybridized carbons (Fsp3) is 0.600. The molecule has 1 N–H and O–H groups in total. The molecule has 0 amide bonds. The fourth-order valence-electron chi connectivity index (χ4n) is 1.77. The van der Waals surface area contributed by atoms with Gasteiger partial charge in [-0.1, -0.05) is 6.07 Å². The lowest BCUT2D eigenvalue weighted by atomic mass is 10.2. The van der Waals surface area contributed by atoms with Crippen LogP contribution >= 0.6 is 11.8 Å². The number of rotatable bonds is 8. The molecule has 1 atom stereocenters. The van der Waals surface area contributed by atoms with Crippen LogP contribution in [0.25, 0.3) is 0 Å². The summed E-state index contributed by atoms with van der Waals surface area (Å²) in [4.78, 5) is 0. The Morgan fingerprint density at radius 3 is 2.53 bits per heavy atom. The molecule has 4 heteroatoms. The van der Waals surface area contributed by atoms with Crippen molar-refractivity contribution in [1.29, 1.82) is 0 Å². The first kappa shape index (κ1) is 16.2. The Balaban J connectivity index is 2.65. The van der Waals surface area contributed by atoms with E-state index in [9.17, 15) is 0 Å². The molecule has 0 saturated carbocycles. The van der Waals surface area contributed by atoms with E-state index in [1.165, 1.54) is 5.56 Å². The first-order valence-electron chi connectivity index (χ1n) is 6.62. The second kappa shape index (κ2) is 8.33. The Morgan fingerprint density at radius 1 is 1.21 bits per heavy atom. The van der Waals surface area contributed by atoms with Gasteiger partial charge in [0.15, 0.2) is 11.5 Å². The molecule has 3 nitrogen and oxygen atoms in total. The quantitative estimate of drug-likeness (QED) is 0.793. The predicted octanol–water partition coefficient (Wildman–Crippen LogP) is 3.32. The Labute approximate surface area is 121 Å². The van der Waals surface area contributed by atoms with Gasteiger partial charge in [-0.15, -0.1) is 0 Å². The molecule has 0 bridgehead atoms. The first-order chi connectivity index (χ1) is 9.06. The van der Waals surface area contributed by atoms with Crippen molar-refractivity contribution in [3.8, 4) is 11.5 Å². The Hall–Kier alpha value is -0.870. The minimum Gasteiger partial charge on any atom is -0.493 e. The Kier molecular flexibility index (Phi) is 7.10. The van der Waals surface area contributed by atoms with E-state index in [1.54, 1.807) is 7.11 Å². The first-order valence-corrected chi connectivity index (χ1v) is 8.02. The molecule has 0 aromatic heterocycles. The third kappa shape index (κ3) is 5.74. The molecule has 0 saturated heterocycles. The summed E-state index contributed by atoms with van der Waals surface area (Å²) >= 11 is 1.85. The molecule has 1 unspecified atom stereocenters. The smallest absolute Gasteiger partial charge is 0.161 e. The number of methoxy groups -OCH3 is 1. The summed E-state index contributed by atoms with van der Waals surface area (Å²) in [6, 6.07) is 6.61. The van der Waals surface area contributed by atoms with E-state index in [2.05, 4.69) is 24.6 Å². The number of benzene rings is 1. The lowest BCUT2D eigenvalue weighted by Crippen LogP contribution is -2.27. The topological polar surface area (TPSA) is 30.5 Å². The Bertz CT molecular complexity index is 382. The van der Waals surface area contributed by atoms with Gasteiger partial charge in [0.1, 0.15) is 0 Å². The minimum absolute atomic E-state index is 0.152. The molecule has 0 aliphatic heterocycles. The van der Waals surface area contributed by atoms with E-state index in [-0.39, 0.29) is 6.10 Å². The van der Waals surface area contributed by atoms with Crippen molar-refractivity contribution in [1.82, 2.24) is 5.32 Å². The number of ether oxygens (including phenoxy) is 2. The van der Waals surface area contributed by atoms with Gasteiger partial charge in [-0.3, -0.25) is 0 Å². The standard InChI is InChI=1S/C15H25NO2S/c1-11(2)18-14-7-6-13(8-15(14)17-4)9-16-12(3)10-19-5/h6-8,11-12,16H,9-10H2,1-5H3. The van der Waals surface area contributed by atoms with Crippen LogP contribution in [0.5, 0.6) is 11.5 Å². The zero-order chi connectivity index (χ0) is 14.3. The van der Waals surface area contributed by atoms with Gasteiger partial charge in [0.05, 0.1) is 13.2 Å². The van der Waals surface area contributed by atoms with Gasteiger partial charge in [-0.25, -0.2) is 0 Å². The van der Waals surface area contributed by atoms with Crippen LogP contribution in [0, 0.1) is 0 Å². The van der Waals surface area contributed by atoms with Crippen LogP contribution in [0.15, 0.2) is 18.2 Å². The van der Waals surface area contributed by atoms with Crippen molar-refractivity contribution in [2.24, 2.45) is 0 Å². The number of hydrogen-bond donors (Lipinski definition) is 1. The Morgan fingerprint density at radius 2 is 1.95 bits per heavy atom. The van der Waals surface area contributed by atoms with E-state index >= 15 is 0 Å². The average molecular weight is 283 g/mol. The number of thioether (sulfide) groups is 1. The van der Waals surface area contributed by atoms with Gasteiger partial charge in [-0.05, 0) is 44.7 Å². The van der Waals surface area contributed by atoms with Crippen LogP contribution in [-0.2, 0) is 6.54 Å². The second-order valence-electron chi connectivity index (χ2n) is 4.89. The van der Waals surface area contributed by atoms with E-state index in [4.69, 9.17) is 9.47 Å². The summed E-state index contributed by atoms with van der Waals surface area (Å²) in [5, 5.41) is 3.49. The van der Waals surface area contributed by atoms with Crippen molar-refractivity contribution in [2.75, 3.05) is 19.1 Å². The molecule has 0 aliphatic carbocycles. The van der Waals surface area contributed by atoms with Gasteiger partial charge in [0.25, 0.3) is 0 Å². The summed E-state index contributed by atoms with van der Waals surface area (Å²) in [6.45, 7) is 7.07. The van der Waals surface area contributed by atoms with Crippen molar-refractivity contribution in [2.45, 2.75) is 39.5 Å². The summed E-state index contributed by atoms with van der Waals surface area (Å²) < 4.78 is 11.1. The van der Waals surface area contributed by atoms with Crippen molar-refractivity contribution in [3.63, 3.8) is 0 Å². The monoisotopic (exact) mass is 283 g/mol. The normalized spacial score (nSPS) is 12.5. The van der Waals surface area contributed by atoms with Crippen LogP contribution in [-0.4, -0.2) is 31.3 Å². The van der Waals surface area contributed by atoms with Gasteiger partial charge in [0.2, 0.25) is 0 Å². The molecule has 1 aromatic rings. The maximum Gasteiger partial charge on any atom is 0.161 e. The highest BCUT2D eigenvalue weighted by atomic mass is 32.2. The minimum atomic E-state index is 0.152. The van der Waals surface area contributed by atoms with Gasteiger partial charge in [0, 0.05) is 18.3 Å². The third-order valence-electron chi connectivity index (χ3n) is 2.66. The molecule has 1 aromatic carbocycles. The lowest BCUT2D eigenvalue weighted by molar-refractivity contribution is 0.230. The largest absolute Gasteiger partial charge is 0.493 e. The van der Waals surface area contributed by atoms with Crippen LogP contribution in [0.1, 0.15) is 26.3 Å². The molecule has 108 valence electrons. The van der Waals surface area contributed by atoms with Crippen LogP contribution in [0.4, 0.5) is 0 Å². The van der Waals surface area contributed by atoms with Gasteiger partial charge >= 0.3 is 0 Å². The van der Waals surface area contributed by atoms with Crippen molar-refractivity contribution in [3.05, 3.63) is 23.8 Å². The lowest BCUT2D eigenvalue weighted by Gasteiger charge is -2.16.